The van der Waals surface area contributed by atoms with Gasteiger partial charge in [0.25, 0.3) is 23.7 Å². The molecule has 0 bridgehead atoms. The van der Waals surface area contributed by atoms with Gasteiger partial charge in [-0.05, 0) is 186 Å². The standard InChI is InChI=1S/2C28H27F2N7O2.C21H15FN6O.C7H13F2NO.C5H9F2NO.CH4O.CH4/c2*1-3-36-11-10-24(28(29,30)15-36)39-23-6-4-5-21-26(23)27(33-16-31-21)35-19-7-8-22(18(2)13-19)38-20-9-12-37-25(14-20)32-17-34-37;1-13-9-14(27-21-20-16(22)3-2-4-17(20)23-11-25-21)5-6-18(13)29-15-7-8-28-19(10-15)24-12-26-28;1-2-10-4-3-6(11)7(8,9)5-10;6-5(7)3-8-2-1-4(5)9;1-2;/h2*4-9,12-14,16-17,24H,3,10-11,15H2,1-2H3,(H,31,33,35);2-12H,1H3,(H,23,25,27);6,11H,2-5H2,1H3;4,8-9H,1-3H2;2H,1H3;1H4. The van der Waals surface area contributed by atoms with Gasteiger partial charge in [-0.25, -0.2) is 97.9 Å². The number of fused-ring (bicyclic) bond motifs is 6. The normalized spacial score (nSPS) is 18.1. The first-order valence-electron chi connectivity index (χ1n) is 41.6. The van der Waals surface area contributed by atoms with E-state index in [0.717, 1.165) is 40.9 Å². The van der Waals surface area contributed by atoms with Gasteiger partial charge in [-0.1, -0.05) is 46.4 Å². The Morgan fingerprint density at radius 2 is 0.754 bits per heavy atom. The number of likely N-dealkylation sites (tertiary alicyclic amines) is 3. The molecular weight excluding hydrogens is 1700 g/mol. The number of aliphatic hydroxyl groups is 3. The SMILES string of the molecule is C.CCN1CCC(O)C(F)(F)C1.CCN1CCC(Oc2cccc3ncnc(Nc4ccc(Oc5ccn6ncnc6c5)c(C)c4)c23)C(F)(F)C1.CCN1CCC(Oc2cccc3ncnc(Nc4ccc(Oc5ccn6ncnc6c5)c(C)c4)c23)C(F)(F)C1.CO.Cc1cc(Nc2ncnc3cccc(F)c23)ccc1Oc1ccn2ncnc2c1.OC1CCNCC1(F)F. The number of hydrogen-bond acceptors (Lipinski definition) is 27. The Balaban J connectivity index is 0.000000149. The maximum Gasteiger partial charge on any atom is 0.296 e. The van der Waals surface area contributed by atoms with Crippen molar-refractivity contribution >= 4 is 84.2 Å². The Kier molecular flexibility index (Phi) is 30.4. The van der Waals surface area contributed by atoms with Crippen molar-refractivity contribution in [1.82, 2.24) is 93.7 Å². The summed E-state index contributed by atoms with van der Waals surface area (Å²) in [7, 11) is 1.00. The van der Waals surface area contributed by atoms with Crippen LogP contribution in [0.4, 0.5) is 74.0 Å². The van der Waals surface area contributed by atoms with E-state index in [4.69, 9.17) is 39.0 Å². The lowest BCUT2D eigenvalue weighted by atomic mass is 10.0. The summed E-state index contributed by atoms with van der Waals surface area (Å²) in [5, 5.41) is 50.5. The largest absolute Gasteiger partial charge is 0.483 e. The van der Waals surface area contributed by atoms with Gasteiger partial charge in [0.15, 0.2) is 29.1 Å². The maximum absolute atomic E-state index is 14.9. The van der Waals surface area contributed by atoms with Gasteiger partial charge in [0.2, 0.25) is 0 Å². The minimum absolute atomic E-state index is 0. The van der Waals surface area contributed by atoms with Crippen LogP contribution in [0.1, 0.15) is 70.6 Å². The number of alkyl halides is 8. The second-order valence-corrected chi connectivity index (χ2v) is 30.7. The molecule has 15 aromatic rings. The van der Waals surface area contributed by atoms with Crippen LogP contribution in [-0.4, -0.2) is 231 Å². The van der Waals surface area contributed by atoms with E-state index in [9.17, 15) is 39.5 Å². The molecule has 0 aliphatic carbocycles. The van der Waals surface area contributed by atoms with Crippen molar-refractivity contribution in [2.45, 2.75) is 123 Å². The van der Waals surface area contributed by atoms with Gasteiger partial charge in [-0.3, -0.25) is 14.7 Å². The molecule has 130 heavy (non-hydrogen) atoms. The molecule has 0 amide bonds. The summed E-state index contributed by atoms with van der Waals surface area (Å²) in [6, 6.07) is 43.1. The molecule has 6 aromatic carbocycles. The lowest BCUT2D eigenvalue weighted by Crippen LogP contribution is -2.53. The van der Waals surface area contributed by atoms with Crippen LogP contribution in [0.2, 0.25) is 0 Å². The van der Waals surface area contributed by atoms with Crippen LogP contribution in [0.5, 0.6) is 46.0 Å². The molecule has 0 radical (unpaired) electrons. The monoisotopic (exact) mass is 1800 g/mol. The molecule has 4 aliphatic rings. The summed E-state index contributed by atoms with van der Waals surface area (Å²) in [5.74, 6) is -6.11. The first kappa shape index (κ1) is 94.3. The van der Waals surface area contributed by atoms with Crippen molar-refractivity contribution < 1.29 is 78.5 Å². The van der Waals surface area contributed by atoms with E-state index in [0.29, 0.717) is 159 Å². The van der Waals surface area contributed by atoms with Crippen LogP contribution >= 0.6 is 0 Å². The van der Waals surface area contributed by atoms with Gasteiger partial charge in [0.1, 0.15) is 119 Å². The Hall–Kier alpha value is -13.3. The number of halogens is 9. The predicted molar refractivity (Wildman–Crippen MR) is 474 cm³/mol. The van der Waals surface area contributed by atoms with Crippen LogP contribution in [0.25, 0.3) is 49.7 Å². The molecule has 4 unspecified atom stereocenters. The average Bonchev–Trinajstić information content (AvgIpc) is 0.999. The van der Waals surface area contributed by atoms with Crippen molar-refractivity contribution in [2.24, 2.45) is 0 Å². The van der Waals surface area contributed by atoms with Crippen molar-refractivity contribution in [1.29, 1.82) is 0 Å². The molecule has 13 heterocycles. The molecule has 39 heteroatoms. The summed E-state index contributed by atoms with van der Waals surface area (Å²) in [5.41, 5.74) is 8.78. The maximum atomic E-state index is 14.9. The number of piperidine rings is 4. The molecule has 684 valence electrons. The fraction of sp³-hybridized carbons (Fsp3) is 0.341. The Bertz CT molecular complexity index is 6080. The second kappa shape index (κ2) is 41.8. The van der Waals surface area contributed by atoms with Gasteiger partial charge in [0.05, 0.1) is 58.9 Å². The topological polar surface area (TPSA) is 333 Å². The number of hydrogen-bond donors (Lipinski definition) is 7. The predicted octanol–water partition coefficient (Wildman–Crippen LogP) is 16.8. The summed E-state index contributed by atoms with van der Waals surface area (Å²) in [6.45, 7) is 14.1. The van der Waals surface area contributed by atoms with Crippen molar-refractivity contribution in [2.75, 3.05) is 95.1 Å². The molecule has 4 saturated heterocycles. The smallest absolute Gasteiger partial charge is 0.296 e. The van der Waals surface area contributed by atoms with Crippen LogP contribution in [0.3, 0.4) is 0 Å². The summed E-state index contributed by atoms with van der Waals surface area (Å²) in [4.78, 5) is 43.5. The number of nitrogens with one attached hydrogen (secondary N) is 4. The molecule has 4 aliphatic heterocycles. The third kappa shape index (κ3) is 22.9. The van der Waals surface area contributed by atoms with Gasteiger partial charge in [-0.2, -0.15) is 15.3 Å². The molecule has 30 nitrogen and oxygen atoms in total. The van der Waals surface area contributed by atoms with Gasteiger partial charge in [-0.15, -0.1) is 0 Å². The van der Waals surface area contributed by atoms with E-state index in [1.165, 1.54) is 44.0 Å². The highest BCUT2D eigenvalue weighted by atomic mass is 19.3. The first-order chi connectivity index (χ1) is 62.1. The number of rotatable bonds is 19. The quantitative estimate of drug-likeness (QED) is 0.0370. The number of anilines is 6. The van der Waals surface area contributed by atoms with E-state index >= 15 is 0 Å². The highest BCUT2D eigenvalue weighted by Crippen LogP contribution is 2.42. The lowest BCUT2D eigenvalue weighted by Gasteiger charge is -2.37. The van der Waals surface area contributed by atoms with Crippen LogP contribution in [0, 0.1) is 26.6 Å². The number of aromatic nitrogens is 15. The van der Waals surface area contributed by atoms with E-state index < -0.39 is 54.7 Å². The Labute approximate surface area is 741 Å². The molecule has 19 rings (SSSR count). The van der Waals surface area contributed by atoms with Gasteiger partial charge >= 0.3 is 0 Å². The van der Waals surface area contributed by atoms with Gasteiger partial charge < -0.3 is 60.3 Å². The number of benzene rings is 6. The highest BCUT2D eigenvalue weighted by Gasteiger charge is 2.48. The Morgan fingerprint density at radius 3 is 1.10 bits per heavy atom. The van der Waals surface area contributed by atoms with Crippen molar-refractivity contribution in [3.63, 3.8) is 0 Å². The minimum atomic E-state index is -2.97. The molecule has 4 fully saturated rings. The van der Waals surface area contributed by atoms with E-state index in [-0.39, 0.29) is 58.6 Å². The van der Waals surface area contributed by atoms with Crippen LogP contribution < -0.4 is 45.0 Å². The zero-order valence-electron chi connectivity index (χ0n) is 71.3. The van der Waals surface area contributed by atoms with E-state index in [1.807, 2.05) is 133 Å². The lowest BCUT2D eigenvalue weighted by molar-refractivity contribution is -0.148. The highest BCUT2D eigenvalue weighted by molar-refractivity contribution is 5.97. The van der Waals surface area contributed by atoms with E-state index in [1.54, 1.807) is 95.4 Å². The van der Waals surface area contributed by atoms with Crippen LogP contribution in [-0.2, 0) is 0 Å². The summed E-state index contributed by atoms with van der Waals surface area (Å²) in [6.07, 6.45) is 9.56. The Morgan fingerprint density at radius 1 is 0.400 bits per heavy atom. The summed E-state index contributed by atoms with van der Waals surface area (Å²) >= 11 is 0. The first-order valence-corrected chi connectivity index (χ1v) is 41.6. The number of aliphatic hydroxyl groups excluding tert-OH is 3. The third-order valence-corrected chi connectivity index (χ3v) is 21.8. The van der Waals surface area contributed by atoms with Gasteiger partial charge in [0, 0.05) is 93.4 Å². The third-order valence-electron chi connectivity index (χ3n) is 21.8. The molecule has 0 spiro atoms. The zero-order chi connectivity index (χ0) is 91.2. The number of ether oxygens (including phenoxy) is 5. The zero-order valence-corrected chi connectivity index (χ0v) is 71.3. The summed E-state index contributed by atoms with van der Waals surface area (Å²) < 4.78 is 159. The molecule has 0 saturated carbocycles. The molecular formula is C91H99F9N22O8. The van der Waals surface area contributed by atoms with E-state index in [2.05, 4.69) is 81.4 Å². The molecule has 4 atom stereocenters. The number of nitrogens with zero attached hydrogens (tertiary/aromatic N) is 18. The average molecular weight is 1800 g/mol. The van der Waals surface area contributed by atoms with Crippen molar-refractivity contribution in [3.05, 3.63) is 225 Å². The molecule has 7 N–H and O–H groups in total. The minimum Gasteiger partial charge on any atom is -0.483 e. The van der Waals surface area contributed by atoms with Crippen molar-refractivity contribution in [3.8, 4) is 46.0 Å². The fourth-order valence-corrected chi connectivity index (χ4v) is 14.8. The van der Waals surface area contributed by atoms with Crippen LogP contribution in [0.15, 0.2) is 202 Å². The number of aryl methyl sites for hydroxylation is 3. The fourth-order valence-electron chi connectivity index (χ4n) is 14.8. The second-order valence-electron chi connectivity index (χ2n) is 30.7. The molecule has 9 aromatic heterocycles. The number of pyridine rings is 3.